The molecule has 2 aromatic heterocycles. The summed E-state index contributed by atoms with van der Waals surface area (Å²) in [4.78, 5) is 16.7. The Morgan fingerprint density at radius 3 is 2.36 bits per heavy atom. The lowest BCUT2D eigenvalue weighted by Gasteiger charge is -2.32. The number of aromatic nitrogens is 2. The molecule has 0 saturated carbocycles. The molecule has 0 spiro atoms. The van der Waals surface area contributed by atoms with Gasteiger partial charge >= 0.3 is 13.2 Å². The molecule has 25 heavy (non-hydrogen) atoms. The Balaban J connectivity index is 2.05. The lowest BCUT2D eigenvalue weighted by Crippen LogP contribution is -2.41. The second-order valence-corrected chi connectivity index (χ2v) is 8.42. The molecule has 0 aromatic carbocycles. The third-order valence-electron chi connectivity index (χ3n) is 4.74. The normalized spacial score (nSPS) is 19.4. The molecule has 0 radical (unpaired) electrons. The smallest absolute Gasteiger partial charge is 0.443 e. The summed E-state index contributed by atoms with van der Waals surface area (Å²) in [6.45, 7) is 13.5. The van der Waals surface area contributed by atoms with Crippen molar-refractivity contribution in [3.63, 3.8) is 0 Å². The minimum Gasteiger partial charge on any atom is -0.443 e. The van der Waals surface area contributed by atoms with E-state index in [1.54, 1.807) is 18.6 Å². The van der Waals surface area contributed by atoms with Crippen LogP contribution in [0.15, 0.2) is 24.7 Å². The van der Waals surface area contributed by atoms with E-state index in [1.165, 1.54) is 4.57 Å². The van der Waals surface area contributed by atoms with Crippen molar-refractivity contribution in [3.8, 4) is 0 Å². The molecule has 3 rings (SSSR count). The van der Waals surface area contributed by atoms with Gasteiger partial charge in [-0.05, 0) is 54.5 Å². The summed E-state index contributed by atoms with van der Waals surface area (Å²) in [5.74, 6) is 0. The van der Waals surface area contributed by atoms with E-state index in [1.807, 2.05) is 54.5 Å². The van der Waals surface area contributed by atoms with Crippen LogP contribution in [0, 0.1) is 0 Å². The number of carbonyl (C=O) groups excluding carboxylic acids is 1. The van der Waals surface area contributed by atoms with Crippen LogP contribution in [0.2, 0.25) is 0 Å². The average molecular weight is 344 g/mol. The van der Waals surface area contributed by atoms with Crippen molar-refractivity contribution < 1.29 is 18.8 Å². The van der Waals surface area contributed by atoms with Crippen LogP contribution in [0.25, 0.3) is 10.9 Å². The summed E-state index contributed by atoms with van der Waals surface area (Å²) >= 11 is 0. The molecule has 1 aliphatic rings. The van der Waals surface area contributed by atoms with Crippen LogP contribution in [-0.2, 0) is 14.0 Å². The number of nitrogens with zero attached hydrogens (tertiary/aromatic N) is 2. The van der Waals surface area contributed by atoms with Gasteiger partial charge in [0.15, 0.2) is 0 Å². The number of hydrogen-bond acceptors (Lipinski definition) is 5. The molecule has 0 aliphatic carbocycles. The average Bonchev–Trinajstić information content (AvgIpc) is 2.92. The fraction of sp³-hybridized carbons (Fsp3) is 0.556. The van der Waals surface area contributed by atoms with Gasteiger partial charge in [-0.2, -0.15) is 0 Å². The lowest BCUT2D eigenvalue weighted by atomic mass is 9.79. The maximum absolute atomic E-state index is 12.6. The Morgan fingerprint density at radius 2 is 1.80 bits per heavy atom. The van der Waals surface area contributed by atoms with Crippen LogP contribution in [0.3, 0.4) is 0 Å². The molecule has 0 bridgehead atoms. The highest BCUT2D eigenvalue weighted by Gasteiger charge is 2.52. The molecule has 6 nitrogen and oxygen atoms in total. The number of ether oxygens (including phenoxy) is 1. The van der Waals surface area contributed by atoms with E-state index < -0.39 is 30.0 Å². The summed E-state index contributed by atoms with van der Waals surface area (Å²) in [5, 5.41) is 0.861. The first-order valence-electron chi connectivity index (χ1n) is 8.45. The molecule has 3 heterocycles. The van der Waals surface area contributed by atoms with Gasteiger partial charge in [-0.1, -0.05) is 0 Å². The van der Waals surface area contributed by atoms with E-state index in [0.717, 1.165) is 10.8 Å². The molecule has 2 aromatic rings. The Kier molecular flexibility index (Phi) is 4.00. The van der Waals surface area contributed by atoms with Crippen LogP contribution in [0.1, 0.15) is 48.5 Å². The monoisotopic (exact) mass is 344 g/mol. The molecule has 0 unspecified atom stereocenters. The van der Waals surface area contributed by atoms with Crippen LogP contribution in [0.5, 0.6) is 0 Å². The highest BCUT2D eigenvalue weighted by Crippen LogP contribution is 2.37. The van der Waals surface area contributed by atoms with Gasteiger partial charge in [0.1, 0.15) is 5.60 Å². The molecule has 7 heteroatoms. The van der Waals surface area contributed by atoms with Gasteiger partial charge in [-0.15, -0.1) is 0 Å². The highest BCUT2D eigenvalue weighted by atomic mass is 16.7. The third kappa shape index (κ3) is 3.18. The molecule has 0 N–H and O–H groups in total. The van der Waals surface area contributed by atoms with Crippen molar-refractivity contribution in [1.29, 1.82) is 0 Å². The lowest BCUT2D eigenvalue weighted by molar-refractivity contribution is 0.00578. The second kappa shape index (κ2) is 5.57. The van der Waals surface area contributed by atoms with Gasteiger partial charge in [-0.25, -0.2) is 4.79 Å². The number of carbonyl (C=O) groups is 1. The first-order chi connectivity index (χ1) is 11.4. The van der Waals surface area contributed by atoms with Crippen molar-refractivity contribution in [2.45, 2.75) is 65.3 Å². The summed E-state index contributed by atoms with van der Waals surface area (Å²) in [7, 11) is -0.557. The van der Waals surface area contributed by atoms with E-state index in [0.29, 0.717) is 5.52 Å². The maximum atomic E-state index is 12.6. The van der Waals surface area contributed by atoms with Crippen molar-refractivity contribution in [2.24, 2.45) is 0 Å². The molecule has 1 aliphatic heterocycles. The molecular weight excluding hydrogens is 319 g/mol. The third-order valence-corrected chi connectivity index (χ3v) is 4.74. The Labute approximate surface area is 148 Å². The predicted octanol–water partition coefficient (Wildman–Crippen LogP) is 3.12. The van der Waals surface area contributed by atoms with Gasteiger partial charge in [0.2, 0.25) is 0 Å². The summed E-state index contributed by atoms with van der Waals surface area (Å²) in [6.07, 6.45) is 4.61. The number of fused-ring (bicyclic) bond motifs is 1. The quantitative estimate of drug-likeness (QED) is 0.744. The molecular formula is C18H25BN2O4. The SMILES string of the molecule is CC(C)(C)OC(=O)n1cc(B2OC(C)(C)C(C)(C)O2)c2ccncc21. The van der Waals surface area contributed by atoms with Gasteiger partial charge in [0.25, 0.3) is 0 Å². The van der Waals surface area contributed by atoms with Crippen LogP contribution < -0.4 is 5.46 Å². The van der Waals surface area contributed by atoms with E-state index >= 15 is 0 Å². The van der Waals surface area contributed by atoms with Crippen LogP contribution >= 0.6 is 0 Å². The first-order valence-corrected chi connectivity index (χ1v) is 8.45. The molecule has 1 fully saturated rings. The van der Waals surface area contributed by atoms with Gasteiger partial charge < -0.3 is 14.0 Å². The Bertz CT molecular complexity index is 804. The van der Waals surface area contributed by atoms with Crippen molar-refractivity contribution >= 4 is 29.6 Å². The molecule has 0 amide bonds. The maximum Gasteiger partial charge on any atom is 0.497 e. The molecule has 1 saturated heterocycles. The molecule has 0 atom stereocenters. The fourth-order valence-corrected chi connectivity index (χ4v) is 2.72. The zero-order valence-electron chi connectivity index (χ0n) is 15.9. The second-order valence-electron chi connectivity index (χ2n) is 8.42. The van der Waals surface area contributed by atoms with E-state index in [4.69, 9.17) is 14.0 Å². The fourth-order valence-electron chi connectivity index (χ4n) is 2.72. The van der Waals surface area contributed by atoms with Gasteiger partial charge in [-0.3, -0.25) is 9.55 Å². The zero-order valence-corrected chi connectivity index (χ0v) is 15.9. The highest BCUT2D eigenvalue weighted by molar-refractivity contribution is 6.65. The Hall–Kier alpha value is -1.86. The van der Waals surface area contributed by atoms with Crippen molar-refractivity contribution in [2.75, 3.05) is 0 Å². The van der Waals surface area contributed by atoms with E-state index in [2.05, 4.69) is 4.98 Å². The van der Waals surface area contributed by atoms with Crippen molar-refractivity contribution in [1.82, 2.24) is 9.55 Å². The Morgan fingerprint density at radius 1 is 1.20 bits per heavy atom. The van der Waals surface area contributed by atoms with Crippen LogP contribution in [0.4, 0.5) is 4.79 Å². The predicted molar refractivity (Wildman–Crippen MR) is 97.1 cm³/mol. The number of rotatable bonds is 1. The largest absolute Gasteiger partial charge is 0.497 e. The molecule has 134 valence electrons. The summed E-state index contributed by atoms with van der Waals surface area (Å²) < 4.78 is 19.3. The minimum absolute atomic E-state index is 0.451. The minimum atomic E-state index is -0.583. The zero-order chi connectivity index (χ0) is 18.6. The number of hydrogen-bond donors (Lipinski definition) is 0. The van der Waals surface area contributed by atoms with Gasteiger partial charge in [0.05, 0.1) is 22.9 Å². The summed E-state index contributed by atoms with van der Waals surface area (Å²) in [6, 6.07) is 1.86. The van der Waals surface area contributed by atoms with Gasteiger partial charge in [0, 0.05) is 23.2 Å². The van der Waals surface area contributed by atoms with Crippen LogP contribution in [-0.4, -0.2) is 39.6 Å². The van der Waals surface area contributed by atoms with Crippen molar-refractivity contribution in [3.05, 3.63) is 24.7 Å². The number of pyridine rings is 1. The van der Waals surface area contributed by atoms with E-state index in [9.17, 15) is 4.79 Å². The first kappa shape index (κ1) is 18.0. The summed E-state index contributed by atoms with van der Waals surface area (Å²) in [5.41, 5.74) is -0.0282. The topological polar surface area (TPSA) is 62.6 Å². The standard InChI is InChI=1S/C18H25BN2O4/c1-16(2,3)23-15(22)21-11-13(12-8-9-20-10-14(12)21)19-24-17(4,5)18(6,7)25-19/h8-11H,1-7H3. The van der Waals surface area contributed by atoms with E-state index in [-0.39, 0.29) is 0 Å².